The molecule has 3 aromatic heterocycles. The molecule has 4 aromatic rings. The molecule has 0 aliphatic carbocycles. The Morgan fingerprint density at radius 1 is 0.963 bits per heavy atom. The summed E-state index contributed by atoms with van der Waals surface area (Å²) in [5.41, 5.74) is 10.9. The number of nitrogens with two attached hydrogens (primary N) is 1. The molecule has 6 nitrogen and oxygen atoms in total. The second kappa shape index (κ2) is 7.95. The van der Waals surface area contributed by atoms with Crippen LogP contribution in [0.5, 0.6) is 0 Å². The first-order valence-corrected chi connectivity index (χ1v) is 9.23. The minimum Gasteiger partial charge on any atom is -0.384 e. The summed E-state index contributed by atoms with van der Waals surface area (Å²) in [6, 6.07) is 18.5. The van der Waals surface area contributed by atoms with Crippen molar-refractivity contribution in [2.45, 2.75) is 31.6 Å². The predicted molar refractivity (Wildman–Crippen MR) is 106 cm³/mol. The van der Waals surface area contributed by atoms with E-state index in [1.807, 2.05) is 30.5 Å². The van der Waals surface area contributed by atoms with E-state index in [1.54, 1.807) is 0 Å². The molecule has 0 bridgehead atoms. The standard InChI is InChI=1S/C21H22N6/c22-19-14-18(20-21(24-19)26-27-25-20)17(15-8-2-1-3-9-15)12-5-4-10-16-11-6-7-13-23-16/h1-3,6-9,11,13-14,17H,4-5,10,12H2,(H3,22,24,25,26,27). The van der Waals surface area contributed by atoms with E-state index in [9.17, 15) is 0 Å². The number of hydrogen-bond acceptors (Lipinski definition) is 5. The number of aryl methyl sites for hydroxylation is 1. The van der Waals surface area contributed by atoms with E-state index >= 15 is 0 Å². The quantitative estimate of drug-likeness (QED) is 0.489. The summed E-state index contributed by atoms with van der Waals surface area (Å²) in [6.45, 7) is 0. The first-order valence-electron chi connectivity index (χ1n) is 9.23. The fourth-order valence-corrected chi connectivity index (χ4v) is 3.53. The van der Waals surface area contributed by atoms with Gasteiger partial charge in [0, 0.05) is 17.8 Å². The molecule has 0 saturated carbocycles. The van der Waals surface area contributed by atoms with E-state index in [1.165, 1.54) is 5.56 Å². The van der Waals surface area contributed by atoms with Gasteiger partial charge in [0.05, 0.1) is 0 Å². The van der Waals surface area contributed by atoms with Gasteiger partial charge in [0.25, 0.3) is 0 Å². The number of nitrogens with zero attached hydrogens (tertiary/aromatic N) is 4. The Balaban J connectivity index is 1.57. The van der Waals surface area contributed by atoms with Crippen LogP contribution >= 0.6 is 0 Å². The Bertz CT molecular complexity index is 997. The third-order valence-corrected chi connectivity index (χ3v) is 4.82. The number of unbranched alkanes of at least 4 members (excludes halogenated alkanes) is 1. The number of pyridine rings is 2. The number of nitrogens with one attached hydrogen (secondary N) is 1. The predicted octanol–water partition coefficient (Wildman–Crippen LogP) is 3.88. The van der Waals surface area contributed by atoms with E-state index in [-0.39, 0.29) is 5.92 Å². The Morgan fingerprint density at radius 3 is 2.63 bits per heavy atom. The van der Waals surface area contributed by atoms with Crippen molar-refractivity contribution in [2.24, 2.45) is 0 Å². The average Bonchev–Trinajstić information content (AvgIpc) is 3.17. The smallest absolute Gasteiger partial charge is 0.203 e. The summed E-state index contributed by atoms with van der Waals surface area (Å²) in [7, 11) is 0. The number of benzene rings is 1. The summed E-state index contributed by atoms with van der Waals surface area (Å²) in [5, 5.41) is 11.1. The van der Waals surface area contributed by atoms with Crippen LogP contribution in [0.25, 0.3) is 11.2 Å². The highest BCUT2D eigenvalue weighted by molar-refractivity contribution is 5.77. The van der Waals surface area contributed by atoms with Crippen molar-refractivity contribution in [3.05, 3.63) is 77.6 Å². The lowest BCUT2D eigenvalue weighted by molar-refractivity contribution is 0.623. The van der Waals surface area contributed by atoms with Crippen LogP contribution in [0.2, 0.25) is 0 Å². The minimum absolute atomic E-state index is 0.202. The first kappa shape index (κ1) is 17.1. The maximum Gasteiger partial charge on any atom is 0.203 e. The first-order chi connectivity index (χ1) is 13.3. The Labute approximate surface area is 157 Å². The maximum atomic E-state index is 6.03. The molecule has 3 heterocycles. The van der Waals surface area contributed by atoms with E-state index in [0.717, 1.165) is 42.5 Å². The summed E-state index contributed by atoms with van der Waals surface area (Å²) in [5.74, 6) is 0.675. The molecule has 0 saturated heterocycles. The van der Waals surface area contributed by atoms with Gasteiger partial charge in [0.15, 0.2) is 0 Å². The van der Waals surface area contributed by atoms with E-state index in [0.29, 0.717) is 11.5 Å². The van der Waals surface area contributed by atoms with Gasteiger partial charge in [0.1, 0.15) is 11.3 Å². The van der Waals surface area contributed by atoms with E-state index in [4.69, 9.17) is 5.73 Å². The number of fused-ring (bicyclic) bond motifs is 1. The molecule has 0 amide bonds. The molecule has 1 atom stereocenters. The number of H-pyrrole nitrogens is 1. The molecule has 27 heavy (non-hydrogen) atoms. The second-order valence-electron chi connectivity index (χ2n) is 6.66. The van der Waals surface area contributed by atoms with Crippen molar-refractivity contribution >= 4 is 17.0 Å². The molecule has 0 aliphatic rings. The molecule has 4 rings (SSSR count). The number of rotatable bonds is 7. The summed E-state index contributed by atoms with van der Waals surface area (Å²) >= 11 is 0. The lowest BCUT2D eigenvalue weighted by Gasteiger charge is -2.18. The Hall–Kier alpha value is -3.28. The van der Waals surface area contributed by atoms with Gasteiger partial charge in [0.2, 0.25) is 5.65 Å². The van der Waals surface area contributed by atoms with Crippen LogP contribution in [0.4, 0.5) is 5.82 Å². The summed E-state index contributed by atoms with van der Waals surface area (Å²) in [4.78, 5) is 8.68. The summed E-state index contributed by atoms with van der Waals surface area (Å²) in [6.07, 6.45) is 6.01. The van der Waals surface area contributed by atoms with Gasteiger partial charge in [-0.25, -0.2) is 4.98 Å². The van der Waals surface area contributed by atoms with Crippen molar-refractivity contribution in [1.29, 1.82) is 0 Å². The molecule has 1 unspecified atom stereocenters. The Morgan fingerprint density at radius 2 is 1.81 bits per heavy atom. The molecule has 1 aromatic carbocycles. The molecular weight excluding hydrogens is 336 g/mol. The average molecular weight is 358 g/mol. The third-order valence-electron chi connectivity index (χ3n) is 4.82. The number of nitrogen functional groups attached to an aromatic ring is 1. The largest absolute Gasteiger partial charge is 0.384 e. The monoisotopic (exact) mass is 358 g/mol. The van der Waals surface area contributed by atoms with E-state index in [2.05, 4.69) is 55.7 Å². The van der Waals surface area contributed by atoms with Crippen molar-refractivity contribution in [1.82, 2.24) is 25.4 Å². The number of aromatic nitrogens is 5. The number of aromatic amines is 1. The van der Waals surface area contributed by atoms with Crippen LogP contribution in [0, 0.1) is 0 Å². The zero-order chi connectivity index (χ0) is 18.5. The highest BCUT2D eigenvalue weighted by atomic mass is 15.3. The van der Waals surface area contributed by atoms with Gasteiger partial charge in [-0.2, -0.15) is 10.3 Å². The van der Waals surface area contributed by atoms with Crippen LogP contribution in [-0.2, 0) is 6.42 Å². The number of hydrogen-bond donors (Lipinski definition) is 2. The SMILES string of the molecule is Nc1cc(C(CCCCc2ccccn2)c2ccccc2)c2n[nH]nc2n1. The molecular formula is C21H22N6. The van der Waals surface area contributed by atoms with E-state index < -0.39 is 0 Å². The van der Waals surface area contributed by atoms with Crippen molar-refractivity contribution in [3.8, 4) is 0 Å². The molecule has 0 fully saturated rings. The van der Waals surface area contributed by atoms with Gasteiger partial charge in [-0.3, -0.25) is 4.98 Å². The lowest BCUT2D eigenvalue weighted by Crippen LogP contribution is -2.05. The molecule has 136 valence electrons. The van der Waals surface area contributed by atoms with Crippen LogP contribution in [0.3, 0.4) is 0 Å². The molecule has 6 heteroatoms. The fourth-order valence-electron chi connectivity index (χ4n) is 3.53. The maximum absolute atomic E-state index is 6.03. The topological polar surface area (TPSA) is 93.4 Å². The van der Waals surface area contributed by atoms with Crippen molar-refractivity contribution < 1.29 is 0 Å². The Kier molecular flexibility index (Phi) is 5.05. The van der Waals surface area contributed by atoms with Gasteiger partial charge in [-0.1, -0.05) is 42.8 Å². The molecule has 0 spiro atoms. The van der Waals surface area contributed by atoms with Gasteiger partial charge in [-0.05, 0) is 48.6 Å². The van der Waals surface area contributed by atoms with Gasteiger partial charge < -0.3 is 5.73 Å². The highest BCUT2D eigenvalue weighted by Crippen LogP contribution is 2.33. The zero-order valence-corrected chi connectivity index (χ0v) is 15.0. The second-order valence-corrected chi connectivity index (χ2v) is 6.66. The molecule has 3 N–H and O–H groups in total. The normalized spacial score (nSPS) is 12.3. The van der Waals surface area contributed by atoms with Crippen molar-refractivity contribution in [3.63, 3.8) is 0 Å². The van der Waals surface area contributed by atoms with Crippen LogP contribution < -0.4 is 5.73 Å². The van der Waals surface area contributed by atoms with Crippen LogP contribution in [-0.4, -0.2) is 25.4 Å². The lowest BCUT2D eigenvalue weighted by atomic mass is 9.86. The third kappa shape index (κ3) is 3.95. The summed E-state index contributed by atoms with van der Waals surface area (Å²) < 4.78 is 0. The van der Waals surface area contributed by atoms with Crippen LogP contribution in [0.15, 0.2) is 60.8 Å². The number of anilines is 1. The van der Waals surface area contributed by atoms with Crippen molar-refractivity contribution in [2.75, 3.05) is 5.73 Å². The highest BCUT2D eigenvalue weighted by Gasteiger charge is 2.20. The fraction of sp³-hybridized carbons (Fsp3) is 0.238. The zero-order valence-electron chi connectivity index (χ0n) is 15.0. The minimum atomic E-state index is 0.202. The van der Waals surface area contributed by atoms with Gasteiger partial charge >= 0.3 is 0 Å². The van der Waals surface area contributed by atoms with Gasteiger partial charge in [-0.15, -0.1) is 5.10 Å². The molecule has 0 radical (unpaired) electrons. The molecule has 0 aliphatic heterocycles. The van der Waals surface area contributed by atoms with Crippen LogP contribution in [0.1, 0.15) is 42.0 Å².